The number of hydrogen-bond acceptors (Lipinski definition) is 1. The molecule has 0 radical (unpaired) electrons. The molecule has 0 spiro atoms. The van der Waals surface area contributed by atoms with E-state index in [9.17, 15) is 0 Å². The van der Waals surface area contributed by atoms with E-state index in [1.165, 1.54) is 0 Å². The van der Waals surface area contributed by atoms with Gasteiger partial charge >= 0.3 is 23.1 Å². The Balaban J connectivity index is -0.0000000267. The fourth-order valence-corrected chi connectivity index (χ4v) is 0. The van der Waals surface area contributed by atoms with Gasteiger partial charge in [-0.25, -0.2) is 0 Å². The molecule has 48 valence electrons. The van der Waals surface area contributed by atoms with E-state index in [1.54, 1.807) is 0 Å². The molecule has 0 aromatic carbocycles. The van der Waals surface area contributed by atoms with Crippen molar-refractivity contribution in [3.8, 4) is 0 Å². The van der Waals surface area contributed by atoms with Crippen LogP contribution in [0.3, 0.4) is 0 Å². The predicted molar refractivity (Wildman–Crippen MR) is 27.7 cm³/mol. The summed E-state index contributed by atoms with van der Waals surface area (Å²) in [5.41, 5.74) is 0. The van der Waals surface area contributed by atoms with Crippen molar-refractivity contribution in [3.63, 3.8) is 0 Å². The van der Waals surface area contributed by atoms with Gasteiger partial charge in [0.25, 0.3) is 0 Å². The van der Waals surface area contributed by atoms with Gasteiger partial charge in [0.1, 0.15) is 0 Å². The number of hydrogen-bond donors (Lipinski definition) is 1. The monoisotopic (exact) mass is 352 g/mol. The molecule has 0 fully saturated rings. The quantitative estimate of drug-likeness (QED) is 0.369. The Kier molecular flexibility index (Phi) is 45.2. The summed E-state index contributed by atoms with van der Waals surface area (Å²) in [6.45, 7) is 4.25. The van der Waals surface area contributed by atoms with Crippen molar-refractivity contribution in [1.82, 2.24) is 0 Å². The van der Waals surface area contributed by atoms with Crippen LogP contribution in [0, 0.1) is 5.92 Å². The van der Waals surface area contributed by atoms with E-state index in [0.717, 1.165) is 0 Å². The van der Waals surface area contributed by atoms with Crippen molar-refractivity contribution in [1.29, 1.82) is 0 Å². The Morgan fingerprint density at radius 1 is 1.25 bits per heavy atom. The average molecular weight is 352 g/mol. The summed E-state index contributed by atoms with van der Waals surface area (Å²) in [5.74, 6) is 0.440. The minimum absolute atomic E-state index is 0. The van der Waals surface area contributed by atoms with Gasteiger partial charge in [-0.3, -0.25) is 0 Å². The van der Waals surface area contributed by atoms with Gasteiger partial charge in [0, 0.05) is 6.61 Å². The molecule has 0 saturated carbocycles. The molecule has 0 aliphatic carbocycles. The van der Waals surface area contributed by atoms with Crippen molar-refractivity contribution in [2.75, 3.05) is 6.61 Å². The zero-order valence-electron chi connectivity index (χ0n) is 5.19. The van der Waals surface area contributed by atoms with Crippen molar-refractivity contribution >= 4 is 23.1 Å². The topological polar surface area (TPSA) is 20.2 Å². The summed E-state index contributed by atoms with van der Waals surface area (Å²) in [4.78, 5) is 0. The molecule has 0 heterocycles. The maximum absolute atomic E-state index is 8.14. The van der Waals surface area contributed by atoms with Gasteiger partial charge < -0.3 is 53.1 Å². The Labute approximate surface area is 101 Å². The van der Waals surface area contributed by atoms with E-state index in [2.05, 4.69) is 0 Å². The molecule has 0 unspecified atom stereocenters. The molecule has 0 aliphatic heterocycles. The van der Waals surface area contributed by atoms with E-state index < -0.39 is 0 Å². The summed E-state index contributed by atoms with van der Waals surface area (Å²) in [7, 11) is 0. The summed E-state index contributed by atoms with van der Waals surface area (Å²) in [6, 6.07) is 0. The molecular weight excluding hydrogens is 342 g/mol. The van der Waals surface area contributed by atoms with E-state index in [0.29, 0.717) is 12.5 Å². The Hall–Kier alpha value is 2.19. The van der Waals surface area contributed by atoms with Crippen LogP contribution in [0.15, 0.2) is 0 Å². The second-order valence-corrected chi connectivity index (χ2v) is 1.58. The molecule has 0 saturated heterocycles. The Bertz CT molecular complexity index is 28.0. The molecule has 0 rings (SSSR count). The van der Waals surface area contributed by atoms with Crippen molar-refractivity contribution in [2.24, 2.45) is 5.92 Å². The first-order chi connectivity index (χ1) is 2.27. The van der Waals surface area contributed by atoms with Gasteiger partial charge in [-0.15, -0.1) is 0 Å². The predicted octanol–water partition coefficient (Wildman–Crippen LogP) is -5.74. The van der Waals surface area contributed by atoms with Gasteiger partial charge in [0.15, 0.2) is 0 Å². The van der Waals surface area contributed by atoms with Crippen LogP contribution in [0.2, 0.25) is 0 Å². The number of rotatable bonds is 1. The van der Waals surface area contributed by atoms with Crippen molar-refractivity contribution < 1.29 is 53.1 Å². The third-order valence-electron chi connectivity index (χ3n) is 0.365. The molecule has 0 aromatic rings. The number of aliphatic hydroxyl groups excluding tert-OH is 1. The second kappa shape index (κ2) is 16.1. The summed E-state index contributed by atoms with van der Waals surface area (Å²) >= 11 is 0. The van der Waals surface area contributed by atoms with Crippen LogP contribution in [-0.2, 0) is 0 Å². The normalized spacial score (nSPS) is 6.00. The van der Waals surface area contributed by atoms with E-state index in [1.807, 2.05) is 13.8 Å². The van der Waals surface area contributed by atoms with Crippen molar-refractivity contribution in [2.45, 2.75) is 13.8 Å². The summed E-state index contributed by atoms with van der Waals surface area (Å²) in [5, 5.41) is 8.14. The molecule has 0 bridgehead atoms. The number of halogens is 2. The average Bonchev–Trinajstić information content (AvgIpc) is 1.38. The molecule has 1 nitrogen and oxygen atoms in total. The zero-order chi connectivity index (χ0) is 4.28. The first kappa shape index (κ1) is 22.5. The van der Waals surface area contributed by atoms with Gasteiger partial charge in [-0.1, -0.05) is 13.8 Å². The first-order valence-corrected chi connectivity index (χ1v) is 1.88. The minimum Gasteiger partial charge on any atom is -1.00 e. The zero-order valence-corrected chi connectivity index (χ0v) is 10.9. The molecule has 0 aromatic heterocycles. The minimum atomic E-state index is 0. The standard InChI is InChI=1S/C4H10O.2HI.Mg/c1-4(2)3-5;;;/h4-5H,3H2,1-2H3;2*1H;/q;;;+2/p-2. The Morgan fingerprint density at radius 3 is 1.38 bits per heavy atom. The van der Waals surface area contributed by atoms with Crippen LogP contribution in [0.5, 0.6) is 0 Å². The maximum atomic E-state index is 8.14. The van der Waals surface area contributed by atoms with E-state index in [-0.39, 0.29) is 71.0 Å². The molecule has 0 amide bonds. The SMILES string of the molecule is CC(C)CO.[I-].[I-].[Mg+2]. The third-order valence-corrected chi connectivity index (χ3v) is 0.365. The van der Waals surface area contributed by atoms with Crippen LogP contribution >= 0.6 is 0 Å². The smallest absolute Gasteiger partial charge is 1.00 e. The molecular formula is C4H10I2MgO. The van der Waals surface area contributed by atoms with Gasteiger partial charge in [-0.05, 0) is 5.92 Å². The fourth-order valence-electron chi connectivity index (χ4n) is 0. The summed E-state index contributed by atoms with van der Waals surface area (Å²) in [6.07, 6.45) is 0. The molecule has 8 heavy (non-hydrogen) atoms. The van der Waals surface area contributed by atoms with E-state index >= 15 is 0 Å². The summed E-state index contributed by atoms with van der Waals surface area (Å²) < 4.78 is 0. The third kappa shape index (κ3) is 24.1. The first-order valence-electron chi connectivity index (χ1n) is 1.88. The Morgan fingerprint density at radius 2 is 1.38 bits per heavy atom. The van der Waals surface area contributed by atoms with Gasteiger partial charge in [0.05, 0.1) is 0 Å². The molecule has 4 heteroatoms. The maximum Gasteiger partial charge on any atom is 2.00 e. The van der Waals surface area contributed by atoms with Crippen molar-refractivity contribution in [3.05, 3.63) is 0 Å². The molecule has 1 N–H and O–H groups in total. The van der Waals surface area contributed by atoms with Gasteiger partial charge in [0.2, 0.25) is 0 Å². The van der Waals surface area contributed by atoms with Crippen LogP contribution < -0.4 is 48.0 Å². The largest absolute Gasteiger partial charge is 2.00 e. The van der Waals surface area contributed by atoms with Crippen LogP contribution in [0.1, 0.15) is 13.8 Å². The van der Waals surface area contributed by atoms with Gasteiger partial charge in [-0.2, -0.15) is 0 Å². The van der Waals surface area contributed by atoms with E-state index in [4.69, 9.17) is 5.11 Å². The van der Waals surface area contributed by atoms with Crippen LogP contribution in [0.25, 0.3) is 0 Å². The molecule has 0 aliphatic rings. The van der Waals surface area contributed by atoms with Crippen LogP contribution in [-0.4, -0.2) is 34.8 Å². The second-order valence-electron chi connectivity index (χ2n) is 1.58. The number of aliphatic hydroxyl groups is 1. The van der Waals surface area contributed by atoms with Crippen LogP contribution in [0.4, 0.5) is 0 Å². The fraction of sp³-hybridized carbons (Fsp3) is 1.00. The molecule has 0 atom stereocenters.